The molecule has 1 aliphatic rings. The van der Waals surface area contributed by atoms with Gasteiger partial charge in [-0.15, -0.1) is 0 Å². The van der Waals surface area contributed by atoms with Gasteiger partial charge in [0.2, 0.25) is 5.91 Å². The summed E-state index contributed by atoms with van der Waals surface area (Å²) >= 11 is 3.46. The van der Waals surface area contributed by atoms with Gasteiger partial charge in [0.1, 0.15) is 0 Å². The van der Waals surface area contributed by atoms with Gasteiger partial charge in [-0.3, -0.25) is 4.79 Å². The molecule has 0 radical (unpaired) electrons. The number of alkyl halides is 1. The van der Waals surface area contributed by atoms with Crippen molar-refractivity contribution in [2.45, 2.75) is 64.3 Å². The van der Waals surface area contributed by atoms with Crippen LogP contribution in [-0.2, 0) is 4.79 Å². The standard InChI is InChI=1S/C16H31BrN2O/c1-3-4-5-9-15-14-16(20)19(12-7-6-10-17)13-8-11-18(15)2/h15H,3-14H2,1-2H3/t15-/m1/s1. The van der Waals surface area contributed by atoms with Gasteiger partial charge in [-0.1, -0.05) is 42.1 Å². The Morgan fingerprint density at radius 2 is 2.00 bits per heavy atom. The number of amides is 1. The van der Waals surface area contributed by atoms with Crippen LogP contribution in [-0.4, -0.2) is 53.8 Å². The Bertz CT molecular complexity index is 271. The Morgan fingerprint density at radius 3 is 2.70 bits per heavy atom. The third-order valence-electron chi connectivity index (χ3n) is 4.28. The normalized spacial score (nSPS) is 21.9. The largest absolute Gasteiger partial charge is 0.343 e. The molecule has 0 spiro atoms. The molecule has 1 amide bonds. The number of carbonyl (C=O) groups excluding carboxylic acids is 1. The summed E-state index contributed by atoms with van der Waals surface area (Å²) in [5.74, 6) is 0.368. The van der Waals surface area contributed by atoms with Crippen molar-refractivity contribution in [3.63, 3.8) is 0 Å². The lowest BCUT2D eigenvalue weighted by Gasteiger charge is -2.34. The van der Waals surface area contributed by atoms with Crippen LogP contribution in [0.3, 0.4) is 0 Å². The molecule has 1 aliphatic heterocycles. The first-order chi connectivity index (χ1) is 9.69. The second-order valence-corrected chi connectivity index (χ2v) is 6.76. The Balaban J connectivity index is 2.46. The third-order valence-corrected chi connectivity index (χ3v) is 4.84. The number of carbonyl (C=O) groups is 1. The van der Waals surface area contributed by atoms with Gasteiger partial charge in [0.15, 0.2) is 0 Å². The zero-order valence-corrected chi connectivity index (χ0v) is 14.8. The maximum absolute atomic E-state index is 12.4. The summed E-state index contributed by atoms with van der Waals surface area (Å²) in [6.07, 6.45) is 9.07. The van der Waals surface area contributed by atoms with E-state index in [1.807, 2.05) is 0 Å². The van der Waals surface area contributed by atoms with Crippen LogP contribution in [0.4, 0.5) is 0 Å². The number of rotatable bonds is 8. The van der Waals surface area contributed by atoms with Gasteiger partial charge in [0.25, 0.3) is 0 Å². The fourth-order valence-corrected chi connectivity index (χ4v) is 3.29. The molecule has 20 heavy (non-hydrogen) atoms. The van der Waals surface area contributed by atoms with Gasteiger partial charge in [-0.25, -0.2) is 0 Å². The lowest BCUT2D eigenvalue weighted by Crippen LogP contribution is -2.44. The molecule has 1 rings (SSSR count). The highest BCUT2D eigenvalue weighted by atomic mass is 79.9. The SMILES string of the molecule is CCCCC[C@@H]1CC(=O)N(CCCCBr)CCCN1C. The highest BCUT2D eigenvalue weighted by Crippen LogP contribution is 2.17. The van der Waals surface area contributed by atoms with Gasteiger partial charge in [-0.2, -0.15) is 0 Å². The van der Waals surface area contributed by atoms with E-state index in [0.717, 1.165) is 44.2 Å². The van der Waals surface area contributed by atoms with Crippen LogP contribution in [0.5, 0.6) is 0 Å². The molecule has 4 heteroatoms. The number of halogens is 1. The van der Waals surface area contributed by atoms with Crippen LogP contribution < -0.4 is 0 Å². The minimum Gasteiger partial charge on any atom is -0.343 e. The van der Waals surface area contributed by atoms with Crippen molar-refractivity contribution < 1.29 is 4.79 Å². The zero-order chi connectivity index (χ0) is 14.8. The second kappa shape index (κ2) is 10.6. The molecule has 0 aromatic rings. The molecule has 1 fully saturated rings. The van der Waals surface area contributed by atoms with Gasteiger partial charge in [0.05, 0.1) is 0 Å². The van der Waals surface area contributed by atoms with Crippen LogP contribution in [0.2, 0.25) is 0 Å². The van der Waals surface area contributed by atoms with E-state index >= 15 is 0 Å². The van der Waals surface area contributed by atoms with Crippen molar-refractivity contribution in [1.82, 2.24) is 9.80 Å². The van der Waals surface area contributed by atoms with Crippen LogP contribution >= 0.6 is 15.9 Å². The Morgan fingerprint density at radius 1 is 1.20 bits per heavy atom. The molecule has 0 aromatic heterocycles. The highest BCUT2D eigenvalue weighted by Gasteiger charge is 2.24. The summed E-state index contributed by atoms with van der Waals surface area (Å²) in [7, 11) is 2.18. The van der Waals surface area contributed by atoms with E-state index in [4.69, 9.17) is 0 Å². The molecule has 0 N–H and O–H groups in total. The molecular weight excluding hydrogens is 316 g/mol. The van der Waals surface area contributed by atoms with Gasteiger partial charge in [0, 0.05) is 30.9 Å². The predicted octanol–water partition coefficient (Wildman–Crippen LogP) is 3.66. The highest BCUT2D eigenvalue weighted by molar-refractivity contribution is 9.09. The molecule has 118 valence electrons. The molecule has 1 heterocycles. The minimum absolute atomic E-state index is 0.368. The Hall–Kier alpha value is -0.0900. The van der Waals surface area contributed by atoms with E-state index in [2.05, 4.69) is 39.7 Å². The van der Waals surface area contributed by atoms with Gasteiger partial charge < -0.3 is 9.80 Å². The maximum atomic E-state index is 12.4. The number of nitrogens with zero attached hydrogens (tertiary/aromatic N) is 2. The lowest BCUT2D eigenvalue weighted by molar-refractivity contribution is -0.133. The summed E-state index contributed by atoms with van der Waals surface area (Å²) in [5, 5.41) is 1.04. The van der Waals surface area contributed by atoms with Crippen molar-refractivity contribution >= 4 is 21.8 Å². The topological polar surface area (TPSA) is 23.6 Å². The molecule has 0 saturated carbocycles. The van der Waals surface area contributed by atoms with Crippen molar-refractivity contribution in [3.05, 3.63) is 0 Å². The van der Waals surface area contributed by atoms with Gasteiger partial charge >= 0.3 is 0 Å². The summed E-state index contributed by atoms with van der Waals surface area (Å²) in [6, 6.07) is 0.452. The average Bonchev–Trinajstić information content (AvgIpc) is 2.43. The van der Waals surface area contributed by atoms with Crippen molar-refractivity contribution in [2.24, 2.45) is 0 Å². The van der Waals surface area contributed by atoms with E-state index in [9.17, 15) is 4.79 Å². The van der Waals surface area contributed by atoms with Crippen LogP contribution in [0.25, 0.3) is 0 Å². The van der Waals surface area contributed by atoms with Crippen LogP contribution in [0.1, 0.15) is 58.3 Å². The number of unbranched alkanes of at least 4 members (excludes halogenated alkanes) is 3. The van der Waals surface area contributed by atoms with Crippen molar-refractivity contribution in [1.29, 1.82) is 0 Å². The monoisotopic (exact) mass is 346 g/mol. The Labute approximate surface area is 133 Å². The van der Waals surface area contributed by atoms with E-state index < -0.39 is 0 Å². The smallest absolute Gasteiger partial charge is 0.224 e. The minimum atomic E-state index is 0.368. The van der Waals surface area contributed by atoms with Gasteiger partial charge in [-0.05, 0) is 39.3 Å². The van der Waals surface area contributed by atoms with Crippen LogP contribution in [0.15, 0.2) is 0 Å². The third kappa shape index (κ3) is 6.57. The zero-order valence-electron chi connectivity index (χ0n) is 13.2. The summed E-state index contributed by atoms with van der Waals surface area (Å²) in [4.78, 5) is 16.9. The summed E-state index contributed by atoms with van der Waals surface area (Å²) in [6.45, 7) is 5.24. The second-order valence-electron chi connectivity index (χ2n) is 5.96. The van der Waals surface area contributed by atoms with E-state index in [0.29, 0.717) is 18.4 Å². The van der Waals surface area contributed by atoms with E-state index in [-0.39, 0.29) is 0 Å². The fraction of sp³-hybridized carbons (Fsp3) is 0.938. The molecule has 1 saturated heterocycles. The fourth-order valence-electron chi connectivity index (χ4n) is 2.89. The molecule has 0 bridgehead atoms. The molecule has 1 atom stereocenters. The average molecular weight is 347 g/mol. The van der Waals surface area contributed by atoms with E-state index in [1.54, 1.807) is 0 Å². The predicted molar refractivity (Wildman–Crippen MR) is 89.4 cm³/mol. The summed E-state index contributed by atoms with van der Waals surface area (Å²) in [5.41, 5.74) is 0. The maximum Gasteiger partial charge on any atom is 0.224 e. The van der Waals surface area contributed by atoms with Crippen LogP contribution in [0, 0.1) is 0 Å². The van der Waals surface area contributed by atoms with Crippen molar-refractivity contribution in [3.8, 4) is 0 Å². The van der Waals surface area contributed by atoms with Crippen molar-refractivity contribution in [2.75, 3.05) is 32.0 Å². The summed E-state index contributed by atoms with van der Waals surface area (Å²) < 4.78 is 0. The molecular formula is C16H31BrN2O. The first-order valence-corrected chi connectivity index (χ1v) is 9.35. The molecule has 0 aliphatic carbocycles. The molecule has 0 unspecified atom stereocenters. The number of hydrogen-bond acceptors (Lipinski definition) is 2. The Kier molecular flexibility index (Phi) is 9.53. The van der Waals surface area contributed by atoms with E-state index in [1.165, 1.54) is 25.7 Å². The lowest BCUT2D eigenvalue weighted by atomic mass is 10.0. The quantitative estimate of drug-likeness (QED) is 0.494. The first kappa shape index (κ1) is 18.0. The molecule has 0 aromatic carbocycles. The first-order valence-electron chi connectivity index (χ1n) is 8.23. The number of hydrogen-bond donors (Lipinski definition) is 0. The molecule has 3 nitrogen and oxygen atoms in total.